The third-order valence-corrected chi connectivity index (χ3v) is 4.11. The van der Waals surface area contributed by atoms with E-state index in [2.05, 4.69) is 35.0 Å². The molecule has 1 N–H and O–H groups in total. The van der Waals surface area contributed by atoms with Crippen LogP contribution in [0.1, 0.15) is 18.9 Å². The largest absolute Gasteiger partial charge is 0.448 e. The fourth-order valence-electron chi connectivity index (χ4n) is 2.97. The lowest BCUT2D eigenvalue weighted by atomic mass is 9.94. The number of nitriles is 1. The minimum Gasteiger partial charge on any atom is -0.448 e. The smallest absolute Gasteiger partial charge is 0.407 e. The Balaban J connectivity index is 2.07. The fourth-order valence-corrected chi connectivity index (χ4v) is 2.97. The van der Waals surface area contributed by atoms with Crippen molar-refractivity contribution in [2.24, 2.45) is 5.92 Å². The predicted molar refractivity (Wildman–Crippen MR) is 88.5 cm³/mol. The third-order valence-electron chi connectivity index (χ3n) is 4.11. The van der Waals surface area contributed by atoms with E-state index in [1.165, 1.54) is 5.56 Å². The summed E-state index contributed by atoms with van der Waals surface area (Å²) in [5, 5.41) is 11.7. The van der Waals surface area contributed by atoms with Gasteiger partial charge in [0.25, 0.3) is 0 Å². The highest BCUT2D eigenvalue weighted by Crippen LogP contribution is 2.32. The normalized spacial score (nSPS) is 21.0. The number of hydrogen-bond donors (Lipinski definition) is 1. The molecule has 23 heavy (non-hydrogen) atoms. The summed E-state index contributed by atoms with van der Waals surface area (Å²) in [7, 11) is 0. The van der Waals surface area contributed by atoms with Crippen LogP contribution in [-0.4, -0.2) is 36.7 Å². The number of benzene rings is 1. The summed E-state index contributed by atoms with van der Waals surface area (Å²) in [6.45, 7) is 8.24. The summed E-state index contributed by atoms with van der Waals surface area (Å²) in [4.78, 5) is 13.8. The molecule has 0 unspecified atom stereocenters. The average molecular weight is 313 g/mol. The number of ether oxygens (including phenoxy) is 1. The summed E-state index contributed by atoms with van der Waals surface area (Å²) in [5.41, 5.74) is 2.23. The van der Waals surface area contributed by atoms with Crippen molar-refractivity contribution in [1.29, 1.82) is 5.26 Å². The van der Waals surface area contributed by atoms with Gasteiger partial charge in [0.15, 0.2) is 0 Å². The van der Waals surface area contributed by atoms with Gasteiger partial charge in [-0.1, -0.05) is 42.5 Å². The number of hydrogen-bond acceptors (Lipinski definition) is 4. The molecule has 1 saturated heterocycles. The van der Waals surface area contributed by atoms with Gasteiger partial charge in [0.05, 0.1) is 12.1 Å². The molecule has 2 rings (SSSR count). The molecule has 0 saturated carbocycles. The van der Waals surface area contributed by atoms with Crippen LogP contribution in [0.25, 0.3) is 0 Å². The number of nitrogens with zero attached hydrogens (tertiary/aromatic N) is 2. The minimum absolute atomic E-state index is 0.00929. The molecule has 1 fully saturated rings. The average Bonchev–Trinajstić information content (AvgIpc) is 2.82. The van der Waals surface area contributed by atoms with Crippen LogP contribution in [-0.2, 0) is 11.3 Å². The molecule has 0 bridgehead atoms. The van der Waals surface area contributed by atoms with Gasteiger partial charge < -0.3 is 10.1 Å². The van der Waals surface area contributed by atoms with Crippen LogP contribution in [0.2, 0.25) is 0 Å². The molecular weight excluding hydrogens is 290 g/mol. The van der Waals surface area contributed by atoms with Gasteiger partial charge in [-0.2, -0.15) is 5.26 Å². The van der Waals surface area contributed by atoms with Gasteiger partial charge in [-0.05, 0) is 12.5 Å². The van der Waals surface area contributed by atoms with E-state index in [0.29, 0.717) is 13.0 Å². The van der Waals surface area contributed by atoms with Crippen LogP contribution in [0.15, 0.2) is 42.5 Å². The molecule has 5 nitrogen and oxygen atoms in total. The molecule has 1 aliphatic heterocycles. The van der Waals surface area contributed by atoms with Gasteiger partial charge >= 0.3 is 6.09 Å². The van der Waals surface area contributed by atoms with E-state index in [-0.39, 0.29) is 18.6 Å². The Labute approximate surface area is 137 Å². The fraction of sp³-hybridized carbons (Fsp3) is 0.444. The van der Waals surface area contributed by atoms with Crippen LogP contribution < -0.4 is 5.32 Å². The van der Waals surface area contributed by atoms with Crippen LogP contribution in [0, 0.1) is 17.2 Å². The molecule has 0 aromatic heterocycles. The van der Waals surface area contributed by atoms with E-state index in [1.54, 1.807) is 0 Å². The first-order valence-electron chi connectivity index (χ1n) is 7.89. The Hall–Kier alpha value is -2.32. The molecule has 0 radical (unpaired) electrons. The van der Waals surface area contributed by atoms with Crippen molar-refractivity contribution in [3.05, 3.63) is 48.0 Å². The van der Waals surface area contributed by atoms with Gasteiger partial charge in [-0.25, -0.2) is 4.79 Å². The highest BCUT2D eigenvalue weighted by molar-refractivity contribution is 5.67. The number of nitrogens with one attached hydrogen (secondary N) is 1. The summed E-state index contributed by atoms with van der Waals surface area (Å²) >= 11 is 0. The molecular formula is C18H23N3O2. The number of carbonyl (C=O) groups excluding carboxylic acids is 1. The first-order valence-corrected chi connectivity index (χ1v) is 7.89. The molecule has 1 heterocycles. The number of carbonyl (C=O) groups is 1. The zero-order valence-corrected chi connectivity index (χ0v) is 13.5. The number of rotatable bonds is 6. The number of amides is 1. The van der Waals surface area contributed by atoms with Crippen molar-refractivity contribution < 1.29 is 9.53 Å². The second kappa shape index (κ2) is 8.35. The maximum absolute atomic E-state index is 11.6. The van der Waals surface area contributed by atoms with E-state index in [9.17, 15) is 4.79 Å². The van der Waals surface area contributed by atoms with Gasteiger partial charge in [0, 0.05) is 32.0 Å². The van der Waals surface area contributed by atoms with Crippen molar-refractivity contribution in [2.45, 2.75) is 25.9 Å². The summed E-state index contributed by atoms with van der Waals surface area (Å²) in [6, 6.07) is 12.4. The van der Waals surface area contributed by atoms with Crippen LogP contribution in [0.5, 0.6) is 0 Å². The van der Waals surface area contributed by atoms with Crippen molar-refractivity contribution in [1.82, 2.24) is 10.2 Å². The molecule has 2 atom stereocenters. The molecule has 1 amide bonds. The van der Waals surface area contributed by atoms with Crippen LogP contribution >= 0.6 is 0 Å². The lowest BCUT2D eigenvalue weighted by Gasteiger charge is -2.26. The van der Waals surface area contributed by atoms with E-state index in [0.717, 1.165) is 18.7 Å². The Morgan fingerprint density at radius 3 is 2.87 bits per heavy atom. The van der Waals surface area contributed by atoms with Gasteiger partial charge in [-0.15, -0.1) is 0 Å². The minimum atomic E-state index is -0.416. The lowest BCUT2D eigenvalue weighted by Crippen LogP contribution is -2.38. The first kappa shape index (κ1) is 17.0. The third kappa shape index (κ3) is 4.57. The monoisotopic (exact) mass is 313 g/mol. The SMILES string of the molecule is C=C1CN(Cc2ccccc2)[C@@H](COC(=O)NCC)[C@@H]1CC#N. The molecule has 5 heteroatoms. The zero-order chi connectivity index (χ0) is 16.7. The van der Waals surface area contributed by atoms with Crippen molar-refractivity contribution in [2.75, 3.05) is 19.7 Å². The lowest BCUT2D eigenvalue weighted by molar-refractivity contribution is 0.0926. The van der Waals surface area contributed by atoms with Crippen LogP contribution in [0.3, 0.4) is 0 Å². The second-order valence-electron chi connectivity index (χ2n) is 5.71. The van der Waals surface area contributed by atoms with E-state index in [1.807, 2.05) is 25.1 Å². The standard InChI is InChI=1S/C18H23N3O2/c1-3-20-18(22)23-13-17-16(9-10-19)14(2)11-21(17)12-15-7-5-4-6-8-15/h4-8,16-17H,2-3,9,11-13H2,1H3,(H,20,22)/t16-,17+/m1/s1. The van der Waals surface area contributed by atoms with Gasteiger partial charge in [-0.3, -0.25) is 4.90 Å². The van der Waals surface area contributed by atoms with Gasteiger partial charge in [0.2, 0.25) is 0 Å². The molecule has 122 valence electrons. The number of likely N-dealkylation sites (tertiary alicyclic amines) is 1. The molecule has 0 spiro atoms. The molecule has 0 aliphatic carbocycles. The Morgan fingerprint density at radius 2 is 2.22 bits per heavy atom. The predicted octanol–water partition coefficient (Wildman–Crippen LogP) is 2.70. The van der Waals surface area contributed by atoms with E-state index >= 15 is 0 Å². The number of alkyl carbamates (subject to hydrolysis) is 1. The van der Waals surface area contributed by atoms with Crippen LogP contribution in [0.4, 0.5) is 4.79 Å². The Morgan fingerprint density at radius 1 is 1.48 bits per heavy atom. The zero-order valence-electron chi connectivity index (χ0n) is 13.5. The first-order chi connectivity index (χ1) is 11.2. The summed E-state index contributed by atoms with van der Waals surface area (Å²) in [5.74, 6) is 0.0399. The van der Waals surface area contributed by atoms with Gasteiger partial charge in [0.1, 0.15) is 6.61 Å². The van der Waals surface area contributed by atoms with Crippen molar-refractivity contribution >= 4 is 6.09 Å². The Bertz CT molecular complexity index is 580. The Kier molecular flexibility index (Phi) is 6.19. The summed E-state index contributed by atoms with van der Waals surface area (Å²) < 4.78 is 5.32. The molecule has 1 aliphatic rings. The quantitative estimate of drug-likeness (QED) is 0.820. The topological polar surface area (TPSA) is 65.4 Å². The van der Waals surface area contributed by atoms with E-state index in [4.69, 9.17) is 10.00 Å². The maximum Gasteiger partial charge on any atom is 0.407 e. The maximum atomic E-state index is 11.6. The summed E-state index contributed by atoms with van der Waals surface area (Å²) in [6.07, 6.45) is -0.0199. The second-order valence-corrected chi connectivity index (χ2v) is 5.71. The van der Waals surface area contributed by atoms with Crippen molar-refractivity contribution in [3.63, 3.8) is 0 Å². The van der Waals surface area contributed by atoms with E-state index < -0.39 is 6.09 Å². The molecule has 1 aromatic carbocycles. The highest BCUT2D eigenvalue weighted by atomic mass is 16.5. The van der Waals surface area contributed by atoms with Crippen molar-refractivity contribution in [3.8, 4) is 6.07 Å². The molecule has 1 aromatic rings. The highest BCUT2D eigenvalue weighted by Gasteiger charge is 2.37.